The molecule has 2 aromatic rings. The van der Waals surface area contributed by atoms with Gasteiger partial charge in [-0.1, -0.05) is 22.0 Å². The number of ether oxygens (including phenoxy) is 2. The number of benzene rings is 1. The number of carbonyl (C=O) groups is 2. The Morgan fingerprint density at radius 1 is 1.30 bits per heavy atom. The van der Waals surface area contributed by atoms with E-state index in [2.05, 4.69) is 21.2 Å². The zero-order valence-electron chi connectivity index (χ0n) is 16.7. The van der Waals surface area contributed by atoms with Crippen molar-refractivity contribution in [2.75, 3.05) is 13.2 Å². The van der Waals surface area contributed by atoms with Gasteiger partial charge in [0.05, 0.1) is 12.1 Å². The van der Waals surface area contributed by atoms with E-state index in [-0.39, 0.29) is 12.0 Å². The summed E-state index contributed by atoms with van der Waals surface area (Å²) in [5.74, 6) is -0.381. The van der Waals surface area contributed by atoms with Crippen LogP contribution in [0.5, 0.6) is 0 Å². The summed E-state index contributed by atoms with van der Waals surface area (Å²) in [6.07, 6.45) is -0.485. The number of nitrogens with one attached hydrogen (secondary N) is 1. The van der Waals surface area contributed by atoms with Crippen molar-refractivity contribution in [3.8, 4) is 0 Å². The maximum atomic E-state index is 12.5. The first-order chi connectivity index (χ1) is 12.5. The molecule has 2 rings (SSSR count). The van der Waals surface area contributed by atoms with Gasteiger partial charge in [-0.05, 0) is 59.2 Å². The van der Waals surface area contributed by atoms with Crippen LogP contribution in [0.15, 0.2) is 22.7 Å². The second-order valence-corrected chi connectivity index (χ2v) is 8.32. The summed E-state index contributed by atoms with van der Waals surface area (Å²) >= 11 is 3.55. The van der Waals surface area contributed by atoms with Gasteiger partial charge in [-0.2, -0.15) is 0 Å². The normalized spacial score (nSPS) is 12.7. The predicted octanol–water partition coefficient (Wildman–Crippen LogP) is 4.97. The highest BCUT2D eigenvalue weighted by atomic mass is 79.9. The summed E-state index contributed by atoms with van der Waals surface area (Å²) in [5, 5.41) is 3.73. The van der Waals surface area contributed by atoms with Crippen LogP contribution in [0.4, 0.5) is 4.79 Å². The van der Waals surface area contributed by atoms with Gasteiger partial charge in [0.2, 0.25) is 0 Å². The SMILES string of the molecule is CCOC(=O)c1cc2ccc(Br)c(C)c2n1[C@H](C)CNC(=O)OC(C)(C)C. The number of amides is 1. The molecule has 0 aliphatic heterocycles. The van der Waals surface area contributed by atoms with E-state index in [9.17, 15) is 9.59 Å². The van der Waals surface area contributed by atoms with Gasteiger partial charge >= 0.3 is 12.1 Å². The lowest BCUT2D eigenvalue weighted by molar-refractivity contribution is 0.0512. The molecule has 0 bridgehead atoms. The standard InChI is InChI=1S/C20H27BrN2O4/c1-7-26-18(24)16-10-14-8-9-15(21)13(3)17(14)23(16)12(2)11-22-19(25)27-20(4,5)6/h8-10,12H,7,11H2,1-6H3,(H,22,25)/t12-/m1/s1. The molecule has 1 amide bonds. The van der Waals surface area contributed by atoms with E-state index >= 15 is 0 Å². The Labute approximate surface area is 168 Å². The molecule has 0 radical (unpaired) electrons. The number of esters is 1. The highest BCUT2D eigenvalue weighted by Crippen LogP contribution is 2.31. The van der Waals surface area contributed by atoms with Crippen molar-refractivity contribution >= 4 is 38.9 Å². The molecule has 0 aliphatic carbocycles. The molecule has 148 valence electrons. The molecule has 1 aromatic carbocycles. The minimum absolute atomic E-state index is 0.178. The molecule has 1 N–H and O–H groups in total. The summed E-state index contributed by atoms with van der Waals surface area (Å²) in [6, 6.07) is 5.57. The largest absolute Gasteiger partial charge is 0.461 e. The molecule has 6 nitrogen and oxygen atoms in total. The van der Waals surface area contributed by atoms with Gasteiger partial charge in [0.1, 0.15) is 11.3 Å². The third kappa shape index (κ3) is 5.03. The van der Waals surface area contributed by atoms with Crippen LogP contribution in [0.1, 0.15) is 56.7 Å². The third-order valence-corrected chi connectivity index (χ3v) is 4.91. The number of rotatable bonds is 5. The minimum atomic E-state index is -0.564. The first kappa shape index (κ1) is 21.3. The Hall–Kier alpha value is -2.02. The number of fused-ring (bicyclic) bond motifs is 1. The highest BCUT2D eigenvalue weighted by molar-refractivity contribution is 9.10. The fourth-order valence-corrected chi connectivity index (χ4v) is 3.25. The van der Waals surface area contributed by atoms with Crippen molar-refractivity contribution in [2.45, 2.75) is 53.2 Å². The average molecular weight is 439 g/mol. The van der Waals surface area contributed by atoms with Crippen LogP contribution in [0.3, 0.4) is 0 Å². The summed E-state index contributed by atoms with van der Waals surface area (Å²) in [4.78, 5) is 24.5. The van der Waals surface area contributed by atoms with Crippen LogP contribution in [0.2, 0.25) is 0 Å². The monoisotopic (exact) mass is 438 g/mol. The zero-order valence-corrected chi connectivity index (χ0v) is 18.3. The van der Waals surface area contributed by atoms with Crippen LogP contribution >= 0.6 is 15.9 Å². The number of alkyl carbamates (subject to hydrolysis) is 1. The van der Waals surface area contributed by atoms with Crippen LogP contribution in [0, 0.1) is 6.92 Å². The van der Waals surface area contributed by atoms with E-state index in [1.165, 1.54) is 0 Å². The van der Waals surface area contributed by atoms with E-state index in [0.29, 0.717) is 18.8 Å². The lowest BCUT2D eigenvalue weighted by Gasteiger charge is -2.23. The van der Waals surface area contributed by atoms with Crippen LogP contribution in [0.25, 0.3) is 10.9 Å². The molecule has 1 aromatic heterocycles. The molecule has 0 spiro atoms. The second-order valence-electron chi connectivity index (χ2n) is 7.46. The van der Waals surface area contributed by atoms with Crippen molar-refractivity contribution in [1.82, 2.24) is 9.88 Å². The Morgan fingerprint density at radius 2 is 1.96 bits per heavy atom. The predicted molar refractivity (Wildman–Crippen MR) is 109 cm³/mol. The summed E-state index contributed by atoms with van der Waals surface area (Å²) in [7, 11) is 0. The van der Waals surface area contributed by atoms with E-state index < -0.39 is 11.7 Å². The van der Waals surface area contributed by atoms with Gasteiger partial charge in [0.15, 0.2) is 0 Å². The number of aromatic nitrogens is 1. The molecule has 7 heteroatoms. The number of hydrogen-bond donors (Lipinski definition) is 1. The smallest absolute Gasteiger partial charge is 0.407 e. The molecule has 0 fully saturated rings. The lowest BCUT2D eigenvalue weighted by atomic mass is 10.1. The van der Waals surface area contributed by atoms with Gasteiger partial charge in [0, 0.05) is 22.4 Å². The Balaban J connectivity index is 2.39. The van der Waals surface area contributed by atoms with E-state index in [1.807, 2.05) is 57.4 Å². The quantitative estimate of drug-likeness (QED) is 0.668. The van der Waals surface area contributed by atoms with Gasteiger partial charge in [-0.15, -0.1) is 0 Å². The summed E-state index contributed by atoms with van der Waals surface area (Å²) in [6.45, 7) is 11.8. The molecule has 0 aliphatic rings. The number of aryl methyl sites for hydroxylation is 1. The van der Waals surface area contributed by atoms with Crippen molar-refractivity contribution in [3.05, 3.63) is 33.9 Å². The van der Waals surface area contributed by atoms with Crippen LogP contribution < -0.4 is 5.32 Å². The van der Waals surface area contributed by atoms with Crippen molar-refractivity contribution in [2.24, 2.45) is 0 Å². The molecular weight excluding hydrogens is 412 g/mol. The van der Waals surface area contributed by atoms with Gasteiger partial charge in [-0.3, -0.25) is 0 Å². The number of carbonyl (C=O) groups excluding carboxylic acids is 2. The van der Waals surface area contributed by atoms with E-state index in [0.717, 1.165) is 20.9 Å². The second kappa shape index (κ2) is 8.33. The molecule has 0 unspecified atom stereocenters. The van der Waals surface area contributed by atoms with Gasteiger partial charge in [0.25, 0.3) is 0 Å². The number of halogens is 1. The van der Waals surface area contributed by atoms with Crippen LogP contribution in [-0.4, -0.2) is 35.4 Å². The Morgan fingerprint density at radius 3 is 2.56 bits per heavy atom. The summed E-state index contributed by atoms with van der Waals surface area (Å²) in [5.41, 5.74) is 1.86. The van der Waals surface area contributed by atoms with Crippen LogP contribution in [-0.2, 0) is 9.47 Å². The number of nitrogens with zero attached hydrogens (tertiary/aromatic N) is 1. The third-order valence-electron chi connectivity index (χ3n) is 4.05. The van der Waals surface area contributed by atoms with Crippen molar-refractivity contribution in [1.29, 1.82) is 0 Å². The molecule has 1 atom stereocenters. The molecule has 1 heterocycles. The maximum absolute atomic E-state index is 12.5. The first-order valence-electron chi connectivity index (χ1n) is 8.99. The Bertz CT molecular complexity index is 852. The fourth-order valence-electron chi connectivity index (χ4n) is 2.93. The van der Waals surface area contributed by atoms with E-state index in [4.69, 9.17) is 9.47 Å². The first-order valence-corrected chi connectivity index (χ1v) is 9.78. The Kier molecular flexibility index (Phi) is 6.57. The average Bonchev–Trinajstić information content (AvgIpc) is 2.95. The minimum Gasteiger partial charge on any atom is -0.461 e. The highest BCUT2D eigenvalue weighted by Gasteiger charge is 2.23. The number of hydrogen-bond acceptors (Lipinski definition) is 4. The summed E-state index contributed by atoms with van der Waals surface area (Å²) < 4.78 is 13.4. The lowest BCUT2D eigenvalue weighted by Crippen LogP contribution is -2.35. The van der Waals surface area contributed by atoms with Crippen molar-refractivity contribution in [3.63, 3.8) is 0 Å². The molecule has 0 saturated carbocycles. The van der Waals surface area contributed by atoms with Crippen molar-refractivity contribution < 1.29 is 19.1 Å². The zero-order chi connectivity index (χ0) is 20.4. The molecular formula is C20H27BrN2O4. The maximum Gasteiger partial charge on any atom is 0.407 e. The fraction of sp³-hybridized carbons (Fsp3) is 0.500. The topological polar surface area (TPSA) is 69.6 Å². The van der Waals surface area contributed by atoms with E-state index in [1.54, 1.807) is 6.92 Å². The van der Waals surface area contributed by atoms with Gasteiger partial charge in [-0.25, -0.2) is 9.59 Å². The van der Waals surface area contributed by atoms with Gasteiger partial charge < -0.3 is 19.4 Å². The molecule has 27 heavy (non-hydrogen) atoms. The molecule has 0 saturated heterocycles.